The van der Waals surface area contributed by atoms with Crippen molar-refractivity contribution in [1.82, 2.24) is 9.55 Å². The van der Waals surface area contributed by atoms with E-state index in [1.807, 2.05) is 48.7 Å². The van der Waals surface area contributed by atoms with Crippen LogP contribution in [0, 0.1) is 6.92 Å². The van der Waals surface area contributed by atoms with Crippen LogP contribution >= 0.6 is 11.3 Å². The Balaban J connectivity index is 1.60. The molecule has 0 atom stereocenters. The van der Waals surface area contributed by atoms with E-state index in [4.69, 9.17) is 9.41 Å². The summed E-state index contributed by atoms with van der Waals surface area (Å²) in [6.07, 6.45) is 2.66. The molecule has 0 bridgehead atoms. The van der Waals surface area contributed by atoms with Gasteiger partial charge in [0.05, 0.1) is 11.4 Å². The van der Waals surface area contributed by atoms with E-state index < -0.39 is 0 Å². The standard InChI is InChI=1S/C25H21N3OS/c1-18-7-6-10-21(15-18)27-25-28(14-12-20-9-4-5-13-26-20)22(17-30-25)24-16-19-8-2-3-11-23(19)29-24/h2-11,13,15-17H,12,14H2,1H3. The SMILES string of the molecule is Cc1cccc(N=c2scc(-c3cc4ccccc4o3)n2CCc2ccccn2)c1. The molecule has 0 N–H and O–H groups in total. The minimum atomic E-state index is 0.775. The quantitative estimate of drug-likeness (QED) is 0.348. The smallest absolute Gasteiger partial charge is 0.190 e. The van der Waals surface area contributed by atoms with Gasteiger partial charge in [-0.05, 0) is 48.9 Å². The van der Waals surface area contributed by atoms with Crippen LogP contribution in [0.1, 0.15) is 11.3 Å². The molecule has 0 spiro atoms. The number of rotatable bonds is 5. The molecule has 3 heterocycles. The van der Waals surface area contributed by atoms with Gasteiger partial charge in [-0.15, -0.1) is 11.3 Å². The molecule has 0 aliphatic heterocycles. The highest BCUT2D eigenvalue weighted by molar-refractivity contribution is 7.07. The molecule has 5 aromatic rings. The Labute approximate surface area is 178 Å². The molecular formula is C25H21N3OS. The van der Waals surface area contributed by atoms with Gasteiger partial charge in [-0.25, -0.2) is 4.99 Å². The Kier molecular flexibility index (Phi) is 5.03. The fraction of sp³-hybridized carbons (Fsp3) is 0.120. The second-order valence-corrected chi connectivity index (χ2v) is 8.06. The van der Waals surface area contributed by atoms with Crippen LogP contribution in [0.3, 0.4) is 0 Å². The van der Waals surface area contributed by atoms with Gasteiger partial charge in [0.15, 0.2) is 10.6 Å². The predicted octanol–water partition coefficient (Wildman–Crippen LogP) is 6.14. The Hall–Kier alpha value is -3.44. The summed E-state index contributed by atoms with van der Waals surface area (Å²) in [5.41, 5.74) is 5.16. The minimum Gasteiger partial charge on any atom is -0.454 e. The summed E-state index contributed by atoms with van der Waals surface area (Å²) in [5, 5.41) is 3.23. The van der Waals surface area contributed by atoms with Crippen molar-refractivity contribution in [1.29, 1.82) is 0 Å². The molecule has 0 unspecified atom stereocenters. The van der Waals surface area contributed by atoms with Gasteiger partial charge in [0.25, 0.3) is 0 Å². The second kappa shape index (κ2) is 8.13. The Bertz CT molecular complexity index is 1330. The number of thiazole rings is 1. The lowest BCUT2D eigenvalue weighted by molar-refractivity contribution is 0.606. The van der Waals surface area contributed by atoms with E-state index in [1.165, 1.54) is 5.56 Å². The van der Waals surface area contributed by atoms with E-state index in [-0.39, 0.29) is 0 Å². The first kappa shape index (κ1) is 18.6. The van der Waals surface area contributed by atoms with Crippen LogP contribution in [-0.4, -0.2) is 9.55 Å². The third-order valence-electron chi connectivity index (χ3n) is 5.02. The van der Waals surface area contributed by atoms with E-state index in [0.717, 1.165) is 51.6 Å². The third-order valence-corrected chi connectivity index (χ3v) is 5.88. The molecule has 0 aliphatic carbocycles. The Morgan fingerprint density at radius 1 is 1.00 bits per heavy atom. The van der Waals surface area contributed by atoms with Crippen molar-refractivity contribution < 1.29 is 4.42 Å². The number of pyridine rings is 1. The highest BCUT2D eigenvalue weighted by Crippen LogP contribution is 2.28. The maximum Gasteiger partial charge on any atom is 0.190 e. The average molecular weight is 412 g/mol. The monoisotopic (exact) mass is 411 g/mol. The number of aryl methyl sites for hydroxylation is 2. The minimum absolute atomic E-state index is 0.775. The van der Waals surface area contributed by atoms with Gasteiger partial charge in [0.2, 0.25) is 0 Å². The van der Waals surface area contributed by atoms with Crippen molar-refractivity contribution >= 4 is 28.0 Å². The first-order valence-corrected chi connectivity index (χ1v) is 10.8. The number of hydrogen-bond acceptors (Lipinski definition) is 4. The number of hydrogen-bond donors (Lipinski definition) is 0. The van der Waals surface area contributed by atoms with Gasteiger partial charge >= 0.3 is 0 Å². The molecule has 0 aliphatic rings. The van der Waals surface area contributed by atoms with E-state index in [1.54, 1.807) is 11.3 Å². The van der Waals surface area contributed by atoms with Gasteiger partial charge in [-0.3, -0.25) is 4.98 Å². The summed E-state index contributed by atoms with van der Waals surface area (Å²) < 4.78 is 8.39. The van der Waals surface area contributed by atoms with Crippen molar-refractivity contribution in [3.8, 4) is 11.5 Å². The van der Waals surface area contributed by atoms with Crippen LogP contribution in [0.15, 0.2) is 93.8 Å². The van der Waals surface area contributed by atoms with Gasteiger partial charge in [0, 0.05) is 35.6 Å². The van der Waals surface area contributed by atoms with Crippen LogP contribution in [0.25, 0.3) is 22.4 Å². The van der Waals surface area contributed by atoms with Crippen LogP contribution in [0.5, 0.6) is 0 Å². The lowest BCUT2D eigenvalue weighted by atomic mass is 10.2. The summed E-state index contributed by atoms with van der Waals surface area (Å²) in [6, 6.07) is 24.5. The Morgan fingerprint density at radius 2 is 1.90 bits per heavy atom. The summed E-state index contributed by atoms with van der Waals surface area (Å²) in [4.78, 5) is 10.4. The zero-order valence-electron chi connectivity index (χ0n) is 16.7. The topological polar surface area (TPSA) is 43.3 Å². The van der Waals surface area contributed by atoms with E-state index in [2.05, 4.69) is 52.2 Å². The van der Waals surface area contributed by atoms with Crippen LogP contribution in [-0.2, 0) is 13.0 Å². The normalized spacial score (nSPS) is 12.0. The molecule has 148 valence electrons. The maximum absolute atomic E-state index is 6.16. The number of furan rings is 1. The first-order valence-electron chi connectivity index (χ1n) is 9.95. The van der Waals surface area contributed by atoms with Crippen molar-refractivity contribution in [3.63, 3.8) is 0 Å². The van der Waals surface area contributed by atoms with E-state index >= 15 is 0 Å². The van der Waals surface area contributed by atoms with E-state index in [9.17, 15) is 0 Å². The van der Waals surface area contributed by atoms with Crippen molar-refractivity contribution in [2.45, 2.75) is 19.9 Å². The lowest BCUT2D eigenvalue weighted by Crippen LogP contribution is -2.17. The summed E-state index contributed by atoms with van der Waals surface area (Å²) in [6.45, 7) is 2.86. The summed E-state index contributed by atoms with van der Waals surface area (Å²) >= 11 is 1.63. The molecule has 0 radical (unpaired) electrons. The summed E-state index contributed by atoms with van der Waals surface area (Å²) in [7, 11) is 0. The van der Waals surface area contributed by atoms with Crippen LogP contribution in [0.2, 0.25) is 0 Å². The second-order valence-electron chi connectivity index (χ2n) is 7.23. The number of benzene rings is 2. The Morgan fingerprint density at radius 3 is 2.73 bits per heavy atom. The number of fused-ring (bicyclic) bond motifs is 1. The van der Waals surface area contributed by atoms with Crippen molar-refractivity contribution in [2.75, 3.05) is 0 Å². The lowest BCUT2D eigenvalue weighted by Gasteiger charge is -2.07. The summed E-state index contributed by atoms with van der Waals surface area (Å²) in [5.74, 6) is 0.860. The van der Waals surface area contributed by atoms with Gasteiger partial charge in [-0.1, -0.05) is 36.4 Å². The molecule has 0 fully saturated rings. The van der Waals surface area contributed by atoms with Gasteiger partial charge in [-0.2, -0.15) is 0 Å². The molecular weight excluding hydrogens is 390 g/mol. The molecule has 5 heteroatoms. The molecule has 0 saturated heterocycles. The largest absolute Gasteiger partial charge is 0.454 e. The van der Waals surface area contributed by atoms with Crippen LogP contribution < -0.4 is 4.80 Å². The molecule has 5 rings (SSSR count). The highest BCUT2D eigenvalue weighted by atomic mass is 32.1. The van der Waals surface area contributed by atoms with Gasteiger partial charge in [0.1, 0.15) is 5.58 Å². The highest BCUT2D eigenvalue weighted by Gasteiger charge is 2.13. The fourth-order valence-electron chi connectivity index (χ4n) is 3.52. The molecule has 4 nitrogen and oxygen atoms in total. The molecule has 30 heavy (non-hydrogen) atoms. The van der Waals surface area contributed by atoms with Crippen LogP contribution in [0.4, 0.5) is 5.69 Å². The molecule has 3 aromatic heterocycles. The number of nitrogens with zero attached hydrogens (tertiary/aromatic N) is 3. The van der Waals surface area contributed by atoms with Gasteiger partial charge < -0.3 is 8.98 Å². The average Bonchev–Trinajstić information content (AvgIpc) is 3.37. The zero-order valence-corrected chi connectivity index (χ0v) is 17.5. The zero-order chi connectivity index (χ0) is 20.3. The van der Waals surface area contributed by atoms with Crippen molar-refractivity contribution in [2.24, 2.45) is 4.99 Å². The number of para-hydroxylation sites is 1. The molecule has 2 aromatic carbocycles. The first-order chi connectivity index (χ1) is 14.8. The third kappa shape index (κ3) is 3.84. The van der Waals surface area contributed by atoms with Crippen molar-refractivity contribution in [3.05, 3.63) is 100 Å². The molecule has 0 amide bonds. The van der Waals surface area contributed by atoms with E-state index in [0.29, 0.717) is 0 Å². The number of aromatic nitrogens is 2. The molecule has 0 saturated carbocycles. The maximum atomic E-state index is 6.16. The fourth-order valence-corrected chi connectivity index (χ4v) is 4.46. The predicted molar refractivity (Wildman–Crippen MR) is 122 cm³/mol.